The summed E-state index contributed by atoms with van der Waals surface area (Å²) in [5.41, 5.74) is 4.75. The van der Waals surface area contributed by atoms with Crippen LogP contribution in [-0.4, -0.2) is 31.0 Å². The summed E-state index contributed by atoms with van der Waals surface area (Å²) in [6.07, 6.45) is 0. The number of thioether (sulfide) groups is 1. The van der Waals surface area contributed by atoms with E-state index in [1.807, 2.05) is 48.2 Å². The highest BCUT2D eigenvalue weighted by atomic mass is 32.2. The Morgan fingerprint density at radius 3 is 2.74 bits per heavy atom. The summed E-state index contributed by atoms with van der Waals surface area (Å²) < 4.78 is 4.10. The van der Waals surface area contributed by atoms with Crippen LogP contribution in [0.2, 0.25) is 0 Å². The fraction of sp³-hybridized carbons (Fsp3) is 0.273. The molecule has 4 rings (SSSR count). The Hall–Kier alpha value is -2.91. The van der Waals surface area contributed by atoms with Crippen LogP contribution in [0.15, 0.2) is 51.7 Å². The molecular formula is C22H23N5O2S2. The number of benzene rings is 1. The van der Waals surface area contributed by atoms with E-state index in [1.54, 1.807) is 7.05 Å². The molecule has 0 radical (unpaired) electrons. The Kier molecular flexibility index (Phi) is 6.24. The van der Waals surface area contributed by atoms with Gasteiger partial charge in [0.15, 0.2) is 5.16 Å². The van der Waals surface area contributed by atoms with E-state index in [-0.39, 0.29) is 17.2 Å². The van der Waals surface area contributed by atoms with Crippen molar-refractivity contribution >= 4 is 39.2 Å². The lowest BCUT2D eigenvalue weighted by molar-refractivity contribution is -0.118. The number of rotatable bonds is 7. The van der Waals surface area contributed by atoms with E-state index in [2.05, 4.69) is 27.5 Å². The summed E-state index contributed by atoms with van der Waals surface area (Å²) >= 11 is 2.64. The van der Waals surface area contributed by atoms with Gasteiger partial charge in [0.2, 0.25) is 5.91 Å². The van der Waals surface area contributed by atoms with Gasteiger partial charge in [0.05, 0.1) is 23.5 Å². The summed E-state index contributed by atoms with van der Waals surface area (Å²) in [5.74, 6) is 0.0749. The Bertz CT molecular complexity index is 1290. The number of amides is 1. The monoisotopic (exact) mass is 453 g/mol. The molecule has 0 aliphatic rings. The molecule has 0 atom stereocenters. The zero-order chi connectivity index (χ0) is 22.0. The fourth-order valence-corrected chi connectivity index (χ4v) is 4.97. The van der Waals surface area contributed by atoms with Crippen molar-refractivity contribution in [2.75, 3.05) is 5.75 Å². The first-order valence-corrected chi connectivity index (χ1v) is 11.7. The maximum absolute atomic E-state index is 12.4. The first-order chi connectivity index (χ1) is 14.9. The summed E-state index contributed by atoms with van der Waals surface area (Å²) in [7, 11) is 1.68. The number of hydrogen-bond donors (Lipinski definition) is 1. The summed E-state index contributed by atoms with van der Waals surface area (Å²) in [4.78, 5) is 29.3. The number of fused-ring (bicyclic) bond motifs is 1. The van der Waals surface area contributed by atoms with E-state index in [0.29, 0.717) is 28.5 Å². The lowest BCUT2D eigenvalue weighted by Gasteiger charge is -2.09. The van der Waals surface area contributed by atoms with Crippen LogP contribution in [0.4, 0.5) is 0 Å². The van der Waals surface area contributed by atoms with Crippen LogP contribution in [-0.2, 0) is 24.9 Å². The average Bonchev–Trinajstić information content (AvgIpc) is 3.33. The molecule has 1 amide bonds. The van der Waals surface area contributed by atoms with Crippen LogP contribution < -0.4 is 10.9 Å². The number of aryl methyl sites for hydroxylation is 1. The quantitative estimate of drug-likeness (QED) is 0.343. The third-order valence-corrected chi connectivity index (χ3v) is 7.07. The van der Waals surface area contributed by atoms with Crippen molar-refractivity contribution in [3.8, 4) is 0 Å². The number of carbonyl (C=O) groups is 1. The van der Waals surface area contributed by atoms with Crippen LogP contribution in [0.1, 0.15) is 22.5 Å². The minimum absolute atomic E-state index is 0.0833. The first-order valence-electron chi connectivity index (χ1n) is 9.84. The van der Waals surface area contributed by atoms with Crippen molar-refractivity contribution in [1.29, 1.82) is 0 Å². The van der Waals surface area contributed by atoms with Gasteiger partial charge in [0, 0.05) is 24.8 Å². The number of aromatic nitrogens is 4. The van der Waals surface area contributed by atoms with E-state index in [0.717, 1.165) is 17.0 Å². The lowest BCUT2D eigenvalue weighted by Crippen LogP contribution is -2.26. The summed E-state index contributed by atoms with van der Waals surface area (Å²) in [5, 5.41) is 9.99. The number of thiophene rings is 1. The third-order valence-electron chi connectivity index (χ3n) is 5.15. The Labute approximate surface area is 188 Å². The molecule has 1 aromatic carbocycles. The van der Waals surface area contributed by atoms with Gasteiger partial charge < -0.3 is 5.32 Å². The van der Waals surface area contributed by atoms with Crippen LogP contribution >= 0.6 is 23.1 Å². The van der Waals surface area contributed by atoms with Crippen molar-refractivity contribution in [1.82, 2.24) is 24.6 Å². The molecule has 0 saturated carbocycles. The smallest absolute Gasteiger partial charge is 0.271 e. The second-order valence-corrected chi connectivity index (χ2v) is 9.11. The molecule has 0 aliphatic heterocycles. The highest BCUT2D eigenvalue weighted by molar-refractivity contribution is 7.99. The number of hydrogen-bond acceptors (Lipinski definition) is 6. The van der Waals surface area contributed by atoms with Gasteiger partial charge in [0.1, 0.15) is 4.70 Å². The molecule has 0 bridgehead atoms. The molecule has 3 aromatic heterocycles. The lowest BCUT2D eigenvalue weighted by atomic mass is 10.2. The van der Waals surface area contributed by atoms with Crippen molar-refractivity contribution in [2.24, 2.45) is 7.05 Å². The van der Waals surface area contributed by atoms with Gasteiger partial charge in [-0.1, -0.05) is 42.1 Å². The molecule has 9 heteroatoms. The zero-order valence-electron chi connectivity index (χ0n) is 17.6. The first kappa shape index (κ1) is 21.3. The number of carbonyl (C=O) groups excluding carboxylic acids is 1. The second kappa shape index (κ2) is 9.07. The molecule has 0 aliphatic carbocycles. The fourth-order valence-electron chi connectivity index (χ4n) is 3.37. The Morgan fingerprint density at radius 1 is 1.19 bits per heavy atom. The van der Waals surface area contributed by atoms with Crippen LogP contribution in [0, 0.1) is 13.8 Å². The van der Waals surface area contributed by atoms with E-state index < -0.39 is 0 Å². The van der Waals surface area contributed by atoms with Gasteiger partial charge in [-0.2, -0.15) is 5.10 Å². The topological polar surface area (TPSA) is 81.8 Å². The zero-order valence-corrected chi connectivity index (χ0v) is 19.2. The van der Waals surface area contributed by atoms with Gasteiger partial charge in [-0.05, 0) is 30.9 Å². The molecule has 0 saturated heterocycles. The van der Waals surface area contributed by atoms with Crippen molar-refractivity contribution in [2.45, 2.75) is 32.1 Å². The average molecular weight is 454 g/mol. The van der Waals surface area contributed by atoms with Gasteiger partial charge in [-0.25, -0.2) is 4.98 Å². The molecule has 0 spiro atoms. The Morgan fingerprint density at radius 2 is 1.97 bits per heavy atom. The molecular weight excluding hydrogens is 430 g/mol. The second-order valence-electron chi connectivity index (χ2n) is 7.25. The van der Waals surface area contributed by atoms with E-state index >= 15 is 0 Å². The summed E-state index contributed by atoms with van der Waals surface area (Å²) in [6.45, 7) is 5.10. The molecule has 0 unspecified atom stereocenters. The number of nitrogens with one attached hydrogen (secondary N) is 1. The predicted octanol–water partition coefficient (Wildman–Crippen LogP) is 3.27. The van der Waals surface area contributed by atoms with Gasteiger partial charge >= 0.3 is 0 Å². The van der Waals surface area contributed by atoms with Gasteiger partial charge in [-0.3, -0.25) is 18.8 Å². The largest absolute Gasteiger partial charge is 0.351 e. The van der Waals surface area contributed by atoms with E-state index in [4.69, 9.17) is 0 Å². The van der Waals surface area contributed by atoms with Gasteiger partial charge in [-0.15, -0.1) is 11.3 Å². The number of nitrogens with zero attached hydrogens (tertiary/aromatic N) is 4. The normalized spacial score (nSPS) is 11.2. The molecule has 1 N–H and O–H groups in total. The molecule has 31 heavy (non-hydrogen) atoms. The SMILES string of the molecule is Cc1nn(Cc2ccccc2)c(C)c1CNC(=O)CSc1nc2ccsc2c(=O)n1C. The van der Waals surface area contributed by atoms with Crippen molar-refractivity contribution in [3.05, 3.63) is 74.6 Å². The minimum atomic E-state index is -0.112. The van der Waals surface area contributed by atoms with Crippen molar-refractivity contribution < 1.29 is 4.79 Å². The third kappa shape index (κ3) is 4.57. The van der Waals surface area contributed by atoms with Crippen LogP contribution in [0.25, 0.3) is 10.2 Å². The molecule has 160 valence electrons. The predicted molar refractivity (Wildman–Crippen MR) is 125 cm³/mol. The highest BCUT2D eigenvalue weighted by Gasteiger charge is 2.15. The van der Waals surface area contributed by atoms with Gasteiger partial charge in [0.25, 0.3) is 5.56 Å². The van der Waals surface area contributed by atoms with E-state index in [1.165, 1.54) is 33.2 Å². The maximum Gasteiger partial charge on any atom is 0.271 e. The maximum atomic E-state index is 12.4. The van der Waals surface area contributed by atoms with Crippen LogP contribution in [0.3, 0.4) is 0 Å². The summed E-state index contributed by atoms with van der Waals surface area (Å²) in [6, 6.07) is 12.0. The Balaban J connectivity index is 1.38. The van der Waals surface area contributed by atoms with Crippen molar-refractivity contribution in [3.63, 3.8) is 0 Å². The molecule has 3 heterocycles. The molecule has 4 aromatic rings. The highest BCUT2D eigenvalue weighted by Crippen LogP contribution is 2.20. The molecule has 0 fully saturated rings. The van der Waals surface area contributed by atoms with E-state index in [9.17, 15) is 9.59 Å². The molecule has 7 nitrogen and oxygen atoms in total. The standard InChI is InChI=1S/C22H23N5O2S2/c1-14-17(15(2)27(25-14)12-16-7-5-4-6-8-16)11-23-19(28)13-31-22-24-18-9-10-30-20(18)21(29)26(22)3/h4-10H,11-13H2,1-3H3,(H,23,28). The minimum Gasteiger partial charge on any atom is -0.351 e. The van der Waals surface area contributed by atoms with Crippen LogP contribution in [0.5, 0.6) is 0 Å².